The Hall–Kier alpha value is -2.42. The number of hydrogen-bond donors (Lipinski definition) is 1. The second-order valence-corrected chi connectivity index (χ2v) is 5.51. The van der Waals surface area contributed by atoms with Gasteiger partial charge in [0.1, 0.15) is 5.69 Å². The second kappa shape index (κ2) is 6.14. The van der Waals surface area contributed by atoms with Gasteiger partial charge in [-0.25, -0.2) is 8.78 Å². The zero-order chi connectivity index (χ0) is 15.5. The highest BCUT2D eigenvalue weighted by Gasteiger charge is 2.17. The van der Waals surface area contributed by atoms with Gasteiger partial charge in [0, 0.05) is 6.20 Å². The SMILES string of the molecule is N#Cc1cc(F)c(NCc2ccn(C3CCCC3)n2)c(F)c1. The van der Waals surface area contributed by atoms with Crippen LogP contribution in [-0.4, -0.2) is 9.78 Å². The summed E-state index contributed by atoms with van der Waals surface area (Å²) in [4.78, 5) is 0. The lowest BCUT2D eigenvalue weighted by Crippen LogP contribution is -2.08. The fourth-order valence-electron chi connectivity index (χ4n) is 2.83. The van der Waals surface area contributed by atoms with E-state index in [1.165, 1.54) is 12.8 Å². The van der Waals surface area contributed by atoms with Crippen LogP contribution >= 0.6 is 0 Å². The molecule has 0 bridgehead atoms. The minimum atomic E-state index is -0.772. The summed E-state index contributed by atoms with van der Waals surface area (Å²) in [7, 11) is 0. The number of aromatic nitrogens is 2. The van der Waals surface area contributed by atoms with Crippen molar-refractivity contribution in [2.75, 3.05) is 5.32 Å². The number of hydrogen-bond acceptors (Lipinski definition) is 3. The Morgan fingerprint density at radius 2 is 1.95 bits per heavy atom. The van der Waals surface area contributed by atoms with E-state index in [1.807, 2.05) is 16.9 Å². The molecule has 1 heterocycles. The first-order chi connectivity index (χ1) is 10.7. The summed E-state index contributed by atoms with van der Waals surface area (Å²) in [5.41, 5.74) is 0.468. The van der Waals surface area contributed by atoms with Crippen LogP contribution in [-0.2, 0) is 6.54 Å². The van der Waals surface area contributed by atoms with Gasteiger partial charge in [0.05, 0.1) is 29.9 Å². The summed E-state index contributed by atoms with van der Waals surface area (Å²) < 4.78 is 29.5. The minimum absolute atomic E-state index is 0.0361. The number of nitriles is 1. The molecule has 6 heteroatoms. The highest BCUT2D eigenvalue weighted by molar-refractivity contribution is 5.50. The van der Waals surface area contributed by atoms with Crippen molar-refractivity contribution in [3.8, 4) is 6.07 Å². The largest absolute Gasteiger partial charge is 0.375 e. The molecule has 3 rings (SSSR count). The lowest BCUT2D eigenvalue weighted by atomic mass is 10.2. The molecule has 0 radical (unpaired) electrons. The molecule has 1 aromatic carbocycles. The van der Waals surface area contributed by atoms with Gasteiger partial charge in [0.15, 0.2) is 11.6 Å². The fraction of sp³-hybridized carbons (Fsp3) is 0.375. The molecular weight excluding hydrogens is 286 g/mol. The third-order valence-electron chi connectivity index (χ3n) is 3.98. The molecule has 22 heavy (non-hydrogen) atoms. The molecule has 4 nitrogen and oxygen atoms in total. The number of halogens is 2. The van der Waals surface area contributed by atoms with Crippen molar-refractivity contribution in [3.05, 3.63) is 47.3 Å². The van der Waals surface area contributed by atoms with Gasteiger partial charge in [-0.3, -0.25) is 4.68 Å². The minimum Gasteiger partial charge on any atom is -0.375 e. The van der Waals surface area contributed by atoms with Crippen molar-refractivity contribution in [2.45, 2.75) is 38.3 Å². The molecule has 0 amide bonds. The summed E-state index contributed by atoms with van der Waals surface area (Å²) in [5.74, 6) is -1.54. The zero-order valence-electron chi connectivity index (χ0n) is 12.0. The molecule has 1 saturated carbocycles. The molecule has 1 aliphatic rings. The van der Waals surface area contributed by atoms with Crippen LogP contribution in [0.2, 0.25) is 0 Å². The topological polar surface area (TPSA) is 53.6 Å². The van der Waals surface area contributed by atoms with Crippen molar-refractivity contribution in [2.24, 2.45) is 0 Å². The van der Waals surface area contributed by atoms with E-state index in [2.05, 4.69) is 10.4 Å². The van der Waals surface area contributed by atoms with Crippen LogP contribution < -0.4 is 5.32 Å². The number of anilines is 1. The van der Waals surface area contributed by atoms with E-state index >= 15 is 0 Å². The van der Waals surface area contributed by atoms with Crippen LogP contribution in [0.4, 0.5) is 14.5 Å². The summed E-state index contributed by atoms with van der Waals surface area (Å²) in [6, 6.07) is 6.05. The number of benzene rings is 1. The Balaban J connectivity index is 1.69. The predicted molar refractivity (Wildman–Crippen MR) is 78.1 cm³/mol. The van der Waals surface area contributed by atoms with Crippen molar-refractivity contribution >= 4 is 5.69 Å². The van der Waals surface area contributed by atoms with E-state index in [-0.39, 0.29) is 17.8 Å². The molecule has 114 valence electrons. The summed E-state index contributed by atoms with van der Waals surface area (Å²) in [6.07, 6.45) is 6.62. The van der Waals surface area contributed by atoms with Gasteiger partial charge in [-0.1, -0.05) is 12.8 Å². The Morgan fingerprint density at radius 1 is 1.27 bits per heavy atom. The van der Waals surface area contributed by atoms with Crippen LogP contribution in [0.3, 0.4) is 0 Å². The summed E-state index contributed by atoms with van der Waals surface area (Å²) in [6.45, 7) is 0.236. The second-order valence-electron chi connectivity index (χ2n) is 5.51. The predicted octanol–water partition coefficient (Wildman–Crippen LogP) is 3.76. The molecule has 1 aliphatic carbocycles. The van der Waals surface area contributed by atoms with Crippen LogP contribution in [0.5, 0.6) is 0 Å². The highest BCUT2D eigenvalue weighted by Crippen LogP contribution is 2.28. The van der Waals surface area contributed by atoms with Gasteiger partial charge in [-0.2, -0.15) is 10.4 Å². The lowest BCUT2D eigenvalue weighted by Gasteiger charge is -2.10. The molecule has 1 fully saturated rings. The monoisotopic (exact) mass is 302 g/mol. The maximum Gasteiger partial charge on any atom is 0.150 e. The van der Waals surface area contributed by atoms with Crippen molar-refractivity contribution in [3.63, 3.8) is 0 Å². The van der Waals surface area contributed by atoms with Gasteiger partial charge in [-0.15, -0.1) is 0 Å². The van der Waals surface area contributed by atoms with Gasteiger partial charge in [0.2, 0.25) is 0 Å². The van der Waals surface area contributed by atoms with Crippen LogP contribution in [0.25, 0.3) is 0 Å². The quantitative estimate of drug-likeness (QED) is 0.935. The average Bonchev–Trinajstić information content (AvgIpc) is 3.17. The van der Waals surface area contributed by atoms with Crippen LogP contribution in [0, 0.1) is 23.0 Å². The van der Waals surface area contributed by atoms with Crippen LogP contribution in [0.1, 0.15) is 43.0 Å². The van der Waals surface area contributed by atoms with Gasteiger partial charge in [0.25, 0.3) is 0 Å². The van der Waals surface area contributed by atoms with E-state index in [1.54, 1.807) is 6.07 Å². The lowest BCUT2D eigenvalue weighted by molar-refractivity contribution is 0.463. The molecule has 0 atom stereocenters. The first kappa shape index (κ1) is 14.5. The van der Waals surface area contributed by atoms with E-state index in [9.17, 15) is 8.78 Å². The Bertz CT molecular complexity index is 688. The molecule has 0 saturated heterocycles. The Morgan fingerprint density at radius 3 is 2.59 bits per heavy atom. The summed E-state index contributed by atoms with van der Waals surface area (Å²) in [5, 5.41) is 15.9. The maximum absolute atomic E-state index is 13.8. The first-order valence-electron chi connectivity index (χ1n) is 7.34. The average molecular weight is 302 g/mol. The van der Waals surface area contributed by atoms with Gasteiger partial charge < -0.3 is 5.32 Å². The Labute approximate surface area is 127 Å². The van der Waals surface area contributed by atoms with Gasteiger partial charge >= 0.3 is 0 Å². The molecule has 0 aliphatic heterocycles. The molecule has 2 aromatic rings. The Kier molecular flexibility index (Phi) is 4.05. The standard InChI is InChI=1S/C16H16F2N4/c17-14-7-11(9-19)8-15(18)16(14)20-10-12-5-6-22(21-12)13-3-1-2-4-13/h5-8,13,20H,1-4,10H2. The van der Waals surface area contributed by atoms with Crippen molar-refractivity contribution in [1.29, 1.82) is 5.26 Å². The molecule has 1 aromatic heterocycles. The number of nitrogens with zero attached hydrogens (tertiary/aromatic N) is 3. The van der Waals surface area contributed by atoms with Crippen molar-refractivity contribution in [1.82, 2.24) is 9.78 Å². The molecule has 0 spiro atoms. The van der Waals surface area contributed by atoms with E-state index in [4.69, 9.17) is 5.26 Å². The van der Waals surface area contributed by atoms with E-state index in [0.29, 0.717) is 6.04 Å². The van der Waals surface area contributed by atoms with E-state index in [0.717, 1.165) is 30.7 Å². The zero-order valence-corrected chi connectivity index (χ0v) is 12.0. The molecule has 0 unspecified atom stereocenters. The number of nitrogens with one attached hydrogen (secondary N) is 1. The first-order valence-corrected chi connectivity index (χ1v) is 7.34. The number of rotatable bonds is 4. The third-order valence-corrected chi connectivity index (χ3v) is 3.98. The van der Waals surface area contributed by atoms with E-state index < -0.39 is 11.6 Å². The fourth-order valence-corrected chi connectivity index (χ4v) is 2.83. The normalized spacial score (nSPS) is 15.0. The third kappa shape index (κ3) is 2.93. The smallest absolute Gasteiger partial charge is 0.150 e. The highest BCUT2D eigenvalue weighted by atomic mass is 19.1. The maximum atomic E-state index is 13.8. The van der Waals surface area contributed by atoms with Crippen molar-refractivity contribution < 1.29 is 8.78 Å². The van der Waals surface area contributed by atoms with Crippen LogP contribution in [0.15, 0.2) is 24.4 Å². The molecule has 1 N–H and O–H groups in total. The molecular formula is C16H16F2N4. The van der Waals surface area contributed by atoms with Gasteiger partial charge in [-0.05, 0) is 31.0 Å². The summed E-state index contributed by atoms with van der Waals surface area (Å²) >= 11 is 0.